The first-order chi connectivity index (χ1) is 11.5. The Kier molecular flexibility index (Phi) is 4.54. The highest BCUT2D eigenvalue weighted by Gasteiger charge is 2.39. The summed E-state index contributed by atoms with van der Waals surface area (Å²) < 4.78 is 12.3. The van der Waals surface area contributed by atoms with Crippen LogP contribution in [0.5, 0.6) is 0 Å². The van der Waals surface area contributed by atoms with Crippen LogP contribution in [0.2, 0.25) is 0 Å². The van der Waals surface area contributed by atoms with Gasteiger partial charge in [0.15, 0.2) is 0 Å². The van der Waals surface area contributed by atoms with Crippen LogP contribution >= 0.6 is 0 Å². The lowest BCUT2D eigenvalue weighted by Crippen LogP contribution is -2.53. The Hall–Kier alpha value is -2.02. The van der Waals surface area contributed by atoms with Gasteiger partial charge in [0.2, 0.25) is 0 Å². The van der Waals surface area contributed by atoms with E-state index in [-0.39, 0.29) is 15.4 Å². The maximum Gasteiger partial charge on any atom is 0.278 e. The van der Waals surface area contributed by atoms with E-state index in [0.29, 0.717) is 29.7 Å². The fourth-order valence-corrected chi connectivity index (χ4v) is 5.23. The van der Waals surface area contributed by atoms with Crippen molar-refractivity contribution in [3.63, 3.8) is 0 Å². The number of aromatic nitrogens is 1. The molecule has 2 heterocycles. The van der Waals surface area contributed by atoms with Gasteiger partial charge in [-0.3, -0.25) is 19.3 Å². The highest BCUT2D eigenvalue weighted by atomic mass is 32.2. The molecule has 6 nitrogen and oxygen atoms in total. The van der Waals surface area contributed by atoms with Crippen molar-refractivity contribution in [3.8, 4) is 0 Å². The van der Waals surface area contributed by atoms with Crippen LogP contribution in [0.1, 0.15) is 26.7 Å². The summed E-state index contributed by atoms with van der Waals surface area (Å²) in [5.74, 6) is 0.618. The Labute approximate surface area is 143 Å². The number of rotatable bonds is 4. The molecule has 1 atom stereocenters. The average Bonchev–Trinajstić information content (AvgIpc) is 2.61. The molecule has 2 aromatic rings. The van der Waals surface area contributed by atoms with Crippen LogP contribution < -0.4 is 4.90 Å². The first-order valence-electron chi connectivity index (χ1n) is 8.18. The zero-order valence-electron chi connectivity index (χ0n) is 13.9. The minimum Gasteiger partial charge on any atom is -0.367 e. The maximum atomic E-state index is 12.5. The number of anilines is 1. The predicted molar refractivity (Wildman–Crippen MR) is 96.9 cm³/mol. The molecule has 0 bridgehead atoms. The van der Waals surface area contributed by atoms with E-state index in [2.05, 4.69) is 23.7 Å². The Morgan fingerprint density at radius 1 is 1.33 bits per heavy atom. The molecule has 0 radical (unpaired) electrons. The lowest BCUT2D eigenvalue weighted by Gasteiger charge is -2.42. The minimum atomic E-state index is -0.847. The molecule has 1 aromatic carbocycles. The Balaban J connectivity index is 2.09. The van der Waals surface area contributed by atoms with Gasteiger partial charge < -0.3 is 4.90 Å². The van der Waals surface area contributed by atoms with Crippen LogP contribution in [0.25, 0.3) is 10.9 Å². The second-order valence-corrected chi connectivity index (χ2v) is 8.09. The normalized spacial score (nSPS) is 20.2. The van der Waals surface area contributed by atoms with Gasteiger partial charge in [-0.15, -0.1) is 0 Å². The van der Waals surface area contributed by atoms with Crippen molar-refractivity contribution in [2.24, 2.45) is 0 Å². The third kappa shape index (κ3) is 2.66. The van der Waals surface area contributed by atoms with Gasteiger partial charge >= 0.3 is 0 Å². The monoisotopic (exact) mass is 347 g/mol. The summed E-state index contributed by atoms with van der Waals surface area (Å²) in [6.07, 6.45) is 3.36. The molecule has 128 valence electrons. The van der Waals surface area contributed by atoms with E-state index in [1.54, 1.807) is 30.5 Å². The van der Waals surface area contributed by atoms with E-state index in [9.17, 15) is 14.3 Å². The number of nitro benzene ring substituents is 1. The molecule has 3 rings (SSSR count). The van der Waals surface area contributed by atoms with Gasteiger partial charge in [-0.1, -0.05) is 13.8 Å². The van der Waals surface area contributed by atoms with E-state index in [0.717, 1.165) is 18.5 Å². The zero-order valence-corrected chi connectivity index (χ0v) is 14.7. The number of non-ortho nitro benzene ring substituents is 1. The summed E-state index contributed by atoms with van der Waals surface area (Å²) in [6.45, 7) is 5.53. The number of hydrogen-bond donors (Lipinski definition) is 0. The summed E-state index contributed by atoms with van der Waals surface area (Å²) in [4.78, 5) is 17.5. The molecule has 0 saturated carbocycles. The van der Waals surface area contributed by atoms with Crippen molar-refractivity contribution in [3.05, 3.63) is 40.6 Å². The highest BCUT2D eigenvalue weighted by Crippen LogP contribution is 2.36. The smallest absolute Gasteiger partial charge is 0.278 e. The van der Waals surface area contributed by atoms with Crippen molar-refractivity contribution in [1.29, 1.82) is 0 Å². The van der Waals surface area contributed by atoms with E-state index < -0.39 is 10.8 Å². The quantitative estimate of drug-likeness (QED) is 0.627. The molecule has 0 aliphatic carbocycles. The fraction of sp³-hybridized carbons (Fsp3) is 0.471. The Morgan fingerprint density at radius 2 is 2.08 bits per heavy atom. The molecule has 0 amide bonds. The van der Waals surface area contributed by atoms with Gasteiger partial charge in [-0.05, 0) is 31.0 Å². The molecule has 0 N–H and O–H groups in total. The number of nitrogens with zero attached hydrogens (tertiary/aromatic N) is 3. The largest absolute Gasteiger partial charge is 0.367 e. The van der Waals surface area contributed by atoms with Crippen LogP contribution in [0.15, 0.2) is 30.5 Å². The topological polar surface area (TPSA) is 76.3 Å². The molecule has 1 aromatic heterocycles. The first kappa shape index (κ1) is 16.8. The van der Waals surface area contributed by atoms with Gasteiger partial charge in [0.1, 0.15) is 5.52 Å². The molecular formula is C17H21N3O3S. The molecular weight excluding hydrogens is 326 g/mol. The Bertz CT molecular complexity index is 805. The van der Waals surface area contributed by atoms with E-state index in [4.69, 9.17) is 0 Å². The number of fused-ring (bicyclic) bond motifs is 1. The molecule has 1 saturated heterocycles. The van der Waals surface area contributed by atoms with Crippen molar-refractivity contribution in [2.45, 2.75) is 31.4 Å². The molecule has 1 aliphatic heterocycles. The molecule has 7 heteroatoms. The highest BCUT2D eigenvalue weighted by molar-refractivity contribution is 7.86. The summed E-state index contributed by atoms with van der Waals surface area (Å²) in [6, 6.07) is 6.77. The van der Waals surface area contributed by atoms with Gasteiger partial charge in [-0.2, -0.15) is 0 Å². The molecule has 0 spiro atoms. The summed E-state index contributed by atoms with van der Waals surface area (Å²) in [5.41, 5.74) is 1.60. The number of hydrogen-bond acceptors (Lipinski definition) is 5. The molecule has 1 fully saturated rings. The van der Waals surface area contributed by atoms with Gasteiger partial charge in [0.05, 0.1) is 20.7 Å². The van der Waals surface area contributed by atoms with E-state index in [1.807, 2.05) is 0 Å². The second-order valence-electron chi connectivity index (χ2n) is 6.12. The third-order valence-electron chi connectivity index (χ3n) is 5.06. The van der Waals surface area contributed by atoms with Gasteiger partial charge in [0, 0.05) is 41.9 Å². The maximum absolute atomic E-state index is 12.5. The summed E-state index contributed by atoms with van der Waals surface area (Å²) >= 11 is 0. The second kappa shape index (κ2) is 6.47. The van der Waals surface area contributed by atoms with Crippen LogP contribution in [0, 0.1) is 10.1 Å². The van der Waals surface area contributed by atoms with Crippen LogP contribution in [0.3, 0.4) is 0 Å². The van der Waals surface area contributed by atoms with Crippen LogP contribution in [-0.4, -0.2) is 37.7 Å². The zero-order chi connectivity index (χ0) is 17.3. The van der Waals surface area contributed by atoms with Crippen molar-refractivity contribution in [2.75, 3.05) is 23.7 Å². The molecule has 1 aliphatic rings. The van der Waals surface area contributed by atoms with Crippen LogP contribution in [0.4, 0.5) is 11.4 Å². The lowest BCUT2D eigenvalue weighted by molar-refractivity contribution is -0.383. The lowest BCUT2D eigenvalue weighted by atomic mass is 10.00. The number of pyridine rings is 1. The van der Waals surface area contributed by atoms with Crippen molar-refractivity contribution < 1.29 is 9.13 Å². The predicted octanol–water partition coefficient (Wildman–Crippen LogP) is 3.27. The van der Waals surface area contributed by atoms with E-state index >= 15 is 0 Å². The average molecular weight is 347 g/mol. The standard InChI is InChI=1S/C17H21N3O3S/c1-3-17(4-2)12-19(10-11-24(17)23)15-8-7-14(20(21)22)13-6-5-9-18-16(13)15/h5-9H,3-4,10-12H2,1-2H3. The van der Waals surface area contributed by atoms with Gasteiger partial charge in [-0.25, -0.2) is 0 Å². The van der Waals surface area contributed by atoms with Gasteiger partial charge in [0.25, 0.3) is 5.69 Å². The summed E-state index contributed by atoms with van der Waals surface area (Å²) in [5, 5.41) is 11.8. The summed E-state index contributed by atoms with van der Waals surface area (Å²) in [7, 11) is -0.847. The number of benzene rings is 1. The Morgan fingerprint density at radius 3 is 2.75 bits per heavy atom. The third-order valence-corrected chi connectivity index (χ3v) is 7.29. The van der Waals surface area contributed by atoms with E-state index in [1.165, 1.54) is 0 Å². The fourth-order valence-electron chi connectivity index (χ4n) is 3.47. The number of nitro groups is 1. The van der Waals surface area contributed by atoms with Crippen molar-refractivity contribution in [1.82, 2.24) is 4.98 Å². The van der Waals surface area contributed by atoms with Crippen molar-refractivity contribution >= 4 is 33.1 Å². The minimum absolute atomic E-state index is 0.0692. The SMILES string of the molecule is CCC1(CC)CN(c2ccc([N+](=O)[O-])c3cccnc23)CCS1=O. The molecule has 1 unspecified atom stereocenters. The molecule has 24 heavy (non-hydrogen) atoms. The first-order valence-corrected chi connectivity index (χ1v) is 9.50. The van der Waals surface area contributed by atoms with Crippen LogP contribution in [-0.2, 0) is 10.8 Å².